The van der Waals surface area contributed by atoms with Crippen molar-refractivity contribution in [2.24, 2.45) is 0 Å². The summed E-state index contributed by atoms with van der Waals surface area (Å²) in [5.41, 5.74) is 1.77. The van der Waals surface area contributed by atoms with Crippen molar-refractivity contribution < 1.29 is 13.2 Å². The van der Waals surface area contributed by atoms with Crippen molar-refractivity contribution in [3.63, 3.8) is 0 Å². The van der Waals surface area contributed by atoms with E-state index in [2.05, 4.69) is 10.4 Å². The summed E-state index contributed by atoms with van der Waals surface area (Å²) in [5.74, 6) is -0.368. The van der Waals surface area contributed by atoms with Gasteiger partial charge in [-0.3, -0.25) is 4.79 Å². The summed E-state index contributed by atoms with van der Waals surface area (Å²) in [6, 6.07) is 14.9. The Morgan fingerprint density at radius 1 is 1.08 bits per heavy atom. The molecule has 122 valence electrons. The van der Waals surface area contributed by atoms with Gasteiger partial charge in [-0.1, -0.05) is 6.07 Å². The van der Waals surface area contributed by atoms with Crippen LogP contribution in [0.2, 0.25) is 0 Å². The maximum atomic E-state index is 12.3. The molecule has 0 saturated heterocycles. The van der Waals surface area contributed by atoms with Gasteiger partial charge in [-0.05, 0) is 48.5 Å². The fourth-order valence-electron chi connectivity index (χ4n) is 2.19. The Kier molecular flexibility index (Phi) is 4.18. The molecule has 0 spiro atoms. The average Bonchev–Trinajstić information content (AvgIpc) is 3.09. The first-order valence-electron chi connectivity index (χ1n) is 7.15. The van der Waals surface area contributed by atoms with E-state index in [1.54, 1.807) is 35.1 Å². The molecule has 6 nitrogen and oxygen atoms in total. The van der Waals surface area contributed by atoms with Gasteiger partial charge in [-0.15, -0.1) is 0 Å². The summed E-state index contributed by atoms with van der Waals surface area (Å²) in [7, 11) is -3.35. The van der Waals surface area contributed by atoms with Gasteiger partial charge in [0.2, 0.25) is 0 Å². The van der Waals surface area contributed by atoms with Gasteiger partial charge >= 0.3 is 0 Å². The molecule has 1 N–H and O–H groups in total. The maximum Gasteiger partial charge on any atom is 0.255 e. The standard InChI is InChI=1S/C17H15N3O3S/c1-24(22,23)16-5-2-4-13(12-16)17(21)19-14-6-8-15(9-7-14)20-11-3-10-18-20/h2-12H,1H3,(H,19,21). The number of rotatable bonds is 4. The maximum absolute atomic E-state index is 12.3. The van der Waals surface area contributed by atoms with Crippen LogP contribution in [0, 0.1) is 0 Å². The Balaban J connectivity index is 1.78. The lowest BCUT2D eigenvalue weighted by molar-refractivity contribution is 0.102. The quantitative estimate of drug-likeness (QED) is 0.791. The second-order valence-corrected chi connectivity index (χ2v) is 7.27. The lowest BCUT2D eigenvalue weighted by Crippen LogP contribution is -2.12. The average molecular weight is 341 g/mol. The zero-order chi connectivity index (χ0) is 17.2. The van der Waals surface area contributed by atoms with Crippen molar-refractivity contribution in [1.29, 1.82) is 0 Å². The minimum Gasteiger partial charge on any atom is -0.322 e. The molecule has 1 aromatic heterocycles. The van der Waals surface area contributed by atoms with Gasteiger partial charge in [0.1, 0.15) is 0 Å². The van der Waals surface area contributed by atoms with Gasteiger partial charge in [0.05, 0.1) is 10.6 Å². The molecule has 0 atom stereocenters. The van der Waals surface area contributed by atoms with Crippen LogP contribution < -0.4 is 5.32 Å². The van der Waals surface area contributed by atoms with Crippen LogP contribution in [-0.4, -0.2) is 30.4 Å². The third kappa shape index (κ3) is 3.52. The van der Waals surface area contributed by atoms with Crippen LogP contribution in [0.3, 0.4) is 0 Å². The van der Waals surface area contributed by atoms with E-state index in [1.165, 1.54) is 12.1 Å². The molecule has 3 aromatic rings. The molecule has 1 amide bonds. The number of hydrogen-bond acceptors (Lipinski definition) is 4. The van der Waals surface area contributed by atoms with E-state index >= 15 is 0 Å². The Hall–Kier alpha value is -2.93. The summed E-state index contributed by atoms with van der Waals surface area (Å²) in [5, 5.41) is 6.88. The number of nitrogens with one attached hydrogen (secondary N) is 1. The Labute approximate surface area is 139 Å². The number of carbonyl (C=O) groups is 1. The number of amides is 1. The molecule has 0 radical (unpaired) electrons. The molecule has 0 aliphatic carbocycles. The van der Waals surface area contributed by atoms with E-state index in [-0.39, 0.29) is 16.4 Å². The molecule has 24 heavy (non-hydrogen) atoms. The molecule has 0 aliphatic rings. The van der Waals surface area contributed by atoms with Crippen LogP contribution in [0.25, 0.3) is 5.69 Å². The predicted molar refractivity (Wildman–Crippen MR) is 91.1 cm³/mol. The first-order chi connectivity index (χ1) is 11.4. The first kappa shape index (κ1) is 15.9. The fraction of sp³-hybridized carbons (Fsp3) is 0.0588. The predicted octanol–water partition coefficient (Wildman–Crippen LogP) is 2.53. The normalized spacial score (nSPS) is 11.2. The lowest BCUT2D eigenvalue weighted by Gasteiger charge is -2.08. The van der Waals surface area contributed by atoms with Crippen molar-refractivity contribution >= 4 is 21.4 Å². The third-order valence-corrected chi connectivity index (χ3v) is 4.53. The van der Waals surface area contributed by atoms with Crippen molar-refractivity contribution in [3.05, 3.63) is 72.6 Å². The summed E-state index contributed by atoms with van der Waals surface area (Å²) in [6.45, 7) is 0. The molecule has 7 heteroatoms. The zero-order valence-corrected chi connectivity index (χ0v) is 13.7. The minimum absolute atomic E-state index is 0.115. The Morgan fingerprint density at radius 3 is 2.46 bits per heavy atom. The largest absolute Gasteiger partial charge is 0.322 e. The molecule has 3 rings (SSSR count). The van der Waals surface area contributed by atoms with Crippen LogP contribution in [0.5, 0.6) is 0 Å². The van der Waals surface area contributed by atoms with Crippen LogP contribution in [0.4, 0.5) is 5.69 Å². The summed E-state index contributed by atoms with van der Waals surface area (Å²) < 4.78 is 24.9. The van der Waals surface area contributed by atoms with Crippen LogP contribution in [0.15, 0.2) is 71.9 Å². The van der Waals surface area contributed by atoms with Crippen molar-refractivity contribution in [2.75, 3.05) is 11.6 Å². The van der Waals surface area contributed by atoms with Crippen LogP contribution >= 0.6 is 0 Å². The highest BCUT2D eigenvalue weighted by atomic mass is 32.2. The van der Waals surface area contributed by atoms with Gasteiger partial charge in [0, 0.05) is 29.9 Å². The number of anilines is 1. The molecule has 2 aromatic carbocycles. The summed E-state index contributed by atoms with van der Waals surface area (Å²) in [6.07, 6.45) is 4.62. The van der Waals surface area contributed by atoms with E-state index in [0.29, 0.717) is 5.69 Å². The second-order valence-electron chi connectivity index (χ2n) is 5.25. The van der Waals surface area contributed by atoms with Crippen molar-refractivity contribution in [3.8, 4) is 5.69 Å². The Morgan fingerprint density at radius 2 is 1.83 bits per heavy atom. The van der Waals surface area contributed by atoms with Crippen LogP contribution in [-0.2, 0) is 9.84 Å². The number of hydrogen-bond donors (Lipinski definition) is 1. The van der Waals surface area contributed by atoms with Gasteiger partial charge in [0.15, 0.2) is 9.84 Å². The highest BCUT2D eigenvalue weighted by molar-refractivity contribution is 7.90. The molecule has 0 fully saturated rings. The molecular formula is C17H15N3O3S. The lowest BCUT2D eigenvalue weighted by atomic mass is 10.2. The summed E-state index contributed by atoms with van der Waals surface area (Å²) >= 11 is 0. The zero-order valence-electron chi connectivity index (χ0n) is 12.9. The number of sulfone groups is 1. The monoisotopic (exact) mass is 341 g/mol. The topological polar surface area (TPSA) is 81.1 Å². The molecule has 0 unspecified atom stereocenters. The van der Waals surface area contributed by atoms with E-state index in [9.17, 15) is 13.2 Å². The molecule has 0 saturated carbocycles. The smallest absolute Gasteiger partial charge is 0.255 e. The van der Waals surface area contributed by atoms with E-state index in [4.69, 9.17) is 0 Å². The van der Waals surface area contributed by atoms with Crippen LogP contribution in [0.1, 0.15) is 10.4 Å². The van der Waals surface area contributed by atoms with E-state index in [1.807, 2.05) is 24.4 Å². The van der Waals surface area contributed by atoms with Gasteiger partial charge in [-0.2, -0.15) is 5.10 Å². The summed E-state index contributed by atoms with van der Waals surface area (Å²) in [4.78, 5) is 12.4. The van der Waals surface area contributed by atoms with Crippen molar-refractivity contribution in [2.45, 2.75) is 4.90 Å². The minimum atomic E-state index is -3.35. The third-order valence-electron chi connectivity index (χ3n) is 3.42. The number of benzene rings is 2. The number of carbonyl (C=O) groups excluding carboxylic acids is 1. The van der Waals surface area contributed by atoms with Crippen molar-refractivity contribution in [1.82, 2.24) is 9.78 Å². The fourth-order valence-corrected chi connectivity index (χ4v) is 2.86. The molecular weight excluding hydrogens is 326 g/mol. The van der Waals surface area contributed by atoms with Gasteiger partial charge in [-0.25, -0.2) is 13.1 Å². The highest BCUT2D eigenvalue weighted by Crippen LogP contribution is 2.16. The molecule has 0 bridgehead atoms. The van der Waals surface area contributed by atoms with Gasteiger partial charge in [0.25, 0.3) is 5.91 Å². The SMILES string of the molecule is CS(=O)(=O)c1cccc(C(=O)Nc2ccc(-n3cccn3)cc2)c1. The van der Waals surface area contributed by atoms with E-state index < -0.39 is 9.84 Å². The van der Waals surface area contributed by atoms with E-state index in [0.717, 1.165) is 11.9 Å². The number of aromatic nitrogens is 2. The van der Waals surface area contributed by atoms with Gasteiger partial charge < -0.3 is 5.32 Å². The first-order valence-corrected chi connectivity index (χ1v) is 9.04. The highest BCUT2D eigenvalue weighted by Gasteiger charge is 2.12. The number of nitrogens with zero attached hydrogens (tertiary/aromatic N) is 2. The molecule has 1 heterocycles. The second kappa shape index (κ2) is 6.29. The molecule has 0 aliphatic heterocycles. The Bertz CT molecular complexity index is 963.